The zero-order valence-electron chi connectivity index (χ0n) is 12.7. The minimum absolute atomic E-state index is 0.194. The molecule has 3 unspecified atom stereocenters. The SMILES string of the molecule is CCCCCCCC(S)C(CS(=O)(=O)O)C(O)CCC. The van der Waals surface area contributed by atoms with Crippen LogP contribution in [-0.4, -0.2) is 35.2 Å². The van der Waals surface area contributed by atoms with Crippen molar-refractivity contribution in [2.45, 2.75) is 76.6 Å². The second-order valence-electron chi connectivity index (χ2n) is 5.54. The van der Waals surface area contributed by atoms with Crippen LogP contribution >= 0.6 is 12.6 Å². The van der Waals surface area contributed by atoms with Crippen LogP contribution in [0.5, 0.6) is 0 Å². The fourth-order valence-electron chi connectivity index (χ4n) is 2.40. The van der Waals surface area contributed by atoms with Crippen LogP contribution in [0.2, 0.25) is 0 Å². The van der Waals surface area contributed by atoms with Gasteiger partial charge in [-0.3, -0.25) is 4.55 Å². The van der Waals surface area contributed by atoms with Gasteiger partial charge in [0.05, 0.1) is 11.9 Å². The molecule has 20 heavy (non-hydrogen) atoms. The van der Waals surface area contributed by atoms with Gasteiger partial charge in [0.2, 0.25) is 0 Å². The van der Waals surface area contributed by atoms with Crippen LogP contribution in [0.25, 0.3) is 0 Å². The van der Waals surface area contributed by atoms with Gasteiger partial charge in [0.1, 0.15) is 0 Å². The quantitative estimate of drug-likeness (QED) is 0.292. The molecule has 0 aliphatic rings. The predicted molar refractivity (Wildman–Crippen MR) is 87.0 cm³/mol. The van der Waals surface area contributed by atoms with E-state index >= 15 is 0 Å². The largest absolute Gasteiger partial charge is 0.393 e. The number of hydrogen-bond acceptors (Lipinski definition) is 4. The van der Waals surface area contributed by atoms with E-state index in [1.165, 1.54) is 19.3 Å². The Labute approximate surface area is 129 Å². The molecule has 0 saturated carbocycles. The molecule has 0 saturated heterocycles. The molecule has 0 spiro atoms. The van der Waals surface area contributed by atoms with Crippen molar-refractivity contribution in [3.8, 4) is 0 Å². The maximum Gasteiger partial charge on any atom is 0.265 e. The summed E-state index contributed by atoms with van der Waals surface area (Å²) >= 11 is 4.46. The summed E-state index contributed by atoms with van der Waals surface area (Å²) in [7, 11) is -4.08. The first kappa shape index (κ1) is 20.2. The smallest absolute Gasteiger partial charge is 0.265 e. The minimum Gasteiger partial charge on any atom is -0.393 e. The van der Waals surface area contributed by atoms with Crippen molar-refractivity contribution in [3.63, 3.8) is 0 Å². The molecule has 2 N–H and O–H groups in total. The Bertz CT molecular complexity index is 330. The van der Waals surface area contributed by atoms with Crippen molar-refractivity contribution in [2.24, 2.45) is 5.92 Å². The number of thiol groups is 1. The normalized spacial score (nSPS) is 16.9. The summed E-state index contributed by atoms with van der Waals surface area (Å²) in [5, 5.41) is 9.86. The predicted octanol–water partition coefficient (Wildman–Crippen LogP) is 3.31. The molecule has 0 amide bonds. The summed E-state index contributed by atoms with van der Waals surface area (Å²) in [6.07, 6.45) is 7.02. The monoisotopic (exact) mass is 326 g/mol. The zero-order chi connectivity index (χ0) is 15.6. The van der Waals surface area contributed by atoms with Crippen molar-refractivity contribution in [1.82, 2.24) is 0 Å². The fourth-order valence-corrected chi connectivity index (χ4v) is 3.97. The van der Waals surface area contributed by atoms with E-state index in [-0.39, 0.29) is 5.25 Å². The summed E-state index contributed by atoms with van der Waals surface area (Å²) in [5.41, 5.74) is 0. The van der Waals surface area contributed by atoms with Crippen LogP contribution in [-0.2, 0) is 10.1 Å². The van der Waals surface area contributed by atoms with Gasteiger partial charge in [0, 0.05) is 11.2 Å². The van der Waals surface area contributed by atoms with Gasteiger partial charge in [-0.2, -0.15) is 21.0 Å². The van der Waals surface area contributed by atoms with Gasteiger partial charge in [-0.25, -0.2) is 0 Å². The lowest BCUT2D eigenvalue weighted by Gasteiger charge is -2.27. The molecular formula is C14H30O4S2. The van der Waals surface area contributed by atoms with Crippen LogP contribution in [0.3, 0.4) is 0 Å². The highest BCUT2D eigenvalue weighted by Crippen LogP contribution is 2.25. The first-order valence-electron chi connectivity index (χ1n) is 7.63. The number of hydrogen-bond donors (Lipinski definition) is 3. The Kier molecular flexibility index (Phi) is 11.0. The van der Waals surface area contributed by atoms with E-state index in [1.807, 2.05) is 6.92 Å². The van der Waals surface area contributed by atoms with Gasteiger partial charge >= 0.3 is 0 Å². The molecule has 0 aromatic heterocycles. The van der Waals surface area contributed by atoms with E-state index in [2.05, 4.69) is 19.6 Å². The summed E-state index contributed by atoms with van der Waals surface area (Å²) in [6.45, 7) is 4.09. The topological polar surface area (TPSA) is 74.6 Å². The van der Waals surface area contributed by atoms with Crippen molar-refractivity contribution < 1.29 is 18.1 Å². The highest BCUT2D eigenvalue weighted by Gasteiger charge is 2.29. The zero-order valence-corrected chi connectivity index (χ0v) is 14.4. The van der Waals surface area contributed by atoms with E-state index in [4.69, 9.17) is 4.55 Å². The molecule has 0 radical (unpaired) electrons. The number of aliphatic hydroxyl groups excluding tert-OH is 1. The highest BCUT2D eigenvalue weighted by atomic mass is 32.2. The van der Waals surface area contributed by atoms with Gasteiger partial charge < -0.3 is 5.11 Å². The van der Waals surface area contributed by atoms with Crippen molar-refractivity contribution in [2.75, 3.05) is 5.75 Å². The number of rotatable bonds is 12. The lowest BCUT2D eigenvalue weighted by molar-refractivity contribution is 0.104. The molecule has 0 rings (SSSR count). The molecule has 0 bridgehead atoms. The Morgan fingerprint density at radius 3 is 2.10 bits per heavy atom. The molecule has 0 aromatic carbocycles. The van der Waals surface area contributed by atoms with E-state index < -0.39 is 27.9 Å². The summed E-state index contributed by atoms with van der Waals surface area (Å²) in [4.78, 5) is 0. The van der Waals surface area contributed by atoms with Gasteiger partial charge in [0.25, 0.3) is 10.1 Å². The van der Waals surface area contributed by atoms with Crippen molar-refractivity contribution in [3.05, 3.63) is 0 Å². The van der Waals surface area contributed by atoms with Gasteiger partial charge in [-0.1, -0.05) is 52.4 Å². The number of aliphatic hydroxyl groups is 1. The minimum atomic E-state index is -4.08. The lowest BCUT2D eigenvalue weighted by Crippen LogP contribution is -2.34. The Hall–Kier alpha value is 0.220. The third kappa shape index (κ3) is 10.0. The first-order chi connectivity index (χ1) is 9.31. The molecule has 3 atom stereocenters. The molecule has 0 aliphatic heterocycles. The van der Waals surface area contributed by atoms with Crippen LogP contribution < -0.4 is 0 Å². The lowest BCUT2D eigenvalue weighted by atomic mass is 9.93. The summed E-state index contributed by atoms with van der Waals surface area (Å²) in [5.74, 6) is -0.906. The highest BCUT2D eigenvalue weighted by molar-refractivity contribution is 7.85. The average Bonchev–Trinajstić information content (AvgIpc) is 2.34. The molecular weight excluding hydrogens is 296 g/mol. The van der Waals surface area contributed by atoms with Gasteiger partial charge in [0.15, 0.2) is 0 Å². The van der Waals surface area contributed by atoms with Crippen molar-refractivity contribution in [1.29, 1.82) is 0 Å². The molecule has 4 nitrogen and oxygen atoms in total. The Balaban J connectivity index is 4.36. The van der Waals surface area contributed by atoms with Crippen molar-refractivity contribution >= 4 is 22.7 Å². The second kappa shape index (κ2) is 10.9. The van der Waals surface area contributed by atoms with Crippen LogP contribution in [0.1, 0.15) is 65.2 Å². The fraction of sp³-hybridized carbons (Fsp3) is 1.00. The van der Waals surface area contributed by atoms with Crippen LogP contribution in [0.4, 0.5) is 0 Å². The average molecular weight is 327 g/mol. The molecule has 0 fully saturated rings. The Morgan fingerprint density at radius 2 is 1.60 bits per heavy atom. The van der Waals surface area contributed by atoms with Crippen LogP contribution in [0.15, 0.2) is 0 Å². The molecule has 0 aromatic rings. The van der Waals surface area contributed by atoms with E-state index in [1.54, 1.807) is 0 Å². The van der Waals surface area contributed by atoms with Crippen LogP contribution in [0, 0.1) is 5.92 Å². The maximum absolute atomic E-state index is 11.1. The molecule has 122 valence electrons. The standard InChI is InChI=1S/C14H30O4S2/c1-3-5-6-7-8-10-14(19)12(11-20(16,17)18)13(15)9-4-2/h12-15,19H,3-11H2,1-2H3,(H,16,17,18). The van der Waals surface area contributed by atoms with E-state index in [0.717, 1.165) is 25.7 Å². The van der Waals surface area contributed by atoms with E-state index in [0.29, 0.717) is 6.42 Å². The molecule has 0 aliphatic carbocycles. The maximum atomic E-state index is 11.1. The first-order valence-corrected chi connectivity index (χ1v) is 9.75. The summed E-state index contributed by atoms with van der Waals surface area (Å²) < 4.78 is 31.2. The second-order valence-corrected chi connectivity index (χ2v) is 7.70. The van der Waals surface area contributed by atoms with Gasteiger partial charge in [-0.05, 0) is 12.8 Å². The Morgan fingerprint density at radius 1 is 1.00 bits per heavy atom. The molecule has 0 heterocycles. The molecule has 6 heteroatoms. The van der Waals surface area contributed by atoms with Gasteiger partial charge in [-0.15, -0.1) is 0 Å². The third-order valence-electron chi connectivity index (χ3n) is 3.58. The summed E-state index contributed by atoms with van der Waals surface area (Å²) in [6, 6.07) is 0. The number of unbranched alkanes of at least 4 members (excludes halogenated alkanes) is 4. The third-order valence-corrected chi connectivity index (χ3v) is 5.03. The van der Waals surface area contributed by atoms with E-state index in [9.17, 15) is 13.5 Å².